The van der Waals surface area contributed by atoms with Crippen molar-refractivity contribution in [2.24, 2.45) is 0 Å². The van der Waals surface area contributed by atoms with Crippen LogP contribution in [0.15, 0.2) is 35.2 Å². The van der Waals surface area contributed by atoms with E-state index in [0.717, 1.165) is 35.5 Å². The second-order valence-corrected chi connectivity index (χ2v) is 8.86. The lowest BCUT2D eigenvalue weighted by Crippen LogP contribution is -2.18. The van der Waals surface area contributed by atoms with Crippen LogP contribution in [-0.4, -0.2) is 55.9 Å². The van der Waals surface area contributed by atoms with Gasteiger partial charge < -0.3 is 15.4 Å². The second-order valence-electron chi connectivity index (χ2n) is 6.23. The average molecular weight is 452 g/mol. The fourth-order valence-electron chi connectivity index (χ4n) is 2.80. The van der Waals surface area contributed by atoms with E-state index in [1.54, 1.807) is 29.2 Å². The van der Waals surface area contributed by atoms with Crippen LogP contribution in [-0.2, 0) is 9.53 Å². The van der Waals surface area contributed by atoms with Gasteiger partial charge in [-0.2, -0.15) is 5.10 Å². The van der Waals surface area contributed by atoms with E-state index in [4.69, 9.17) is 16.3 Å². The van der Waals surface area contributed by atoms with Gasteiger partial charge in [-0.05, 0) is 31.0 Å². The van der Waals surface area contributed by atoms with Crippen LogP contribution < -0.4 is 10.6 Å². The number of nitrogens with zero attached hydrogens (tertiary/aromatic N) is 5. The maximum atomic E-state index is 12.4. The van der Waals surface area contributed by atoms with Crippen molar-refractivity contribution in [2.75, 3.05) is 29.5 Å². The molecule has 1 aliphatic heterocycles. The Morgan fingerprint density at radius 3 is 3.14 bits per heavy atom. The molecule has 3 aromatic rings. The maximum absolute atomic E-state index is 12.4. The summed E-state index contributed by atoms with van der Waals surface area (Å²) in [6.45, 7) is 1.55. The van der Waals surface area contributed by atoms with Crippen LogP contribution >= 0.6 is 34.7 Å². The van der Waals surface area contributed by atoms with Gasteiger partial charge in [0.15, 0.2) is 4.34 Å². The monoisotopic (exact) mass is 451 g/mol. The molecule has 29 heavy (non-hydrogen) atoms. The molecule has 2 aromatic heterocycles. The van der Waals surface area contributed by atoms with E-state index in [9.17, 15) is 4.79 Å². The Morgan fingerprint density at radius 2 is 2.34 bits per heavy atom. The molecule has 0 bridgehead atoms. The number of benzene rings is 1. The molecule has 9 nitrogen and oxygen atoms in total. The molecule has 1 amide bonds. The Bertz CT molecular complexity index is 961. The molecule has 0 saturated carbocycles. The van der Waals surface area contributed by atoms with Crippen molar-refractivity contribution in [2.45, 2.75) is 23.3 Å². The van der Waals surface area contributed by atoms with Crippen molar-refractivity contribution in [1.29, 1.82) is 0 Å². The van der Waals surface area contributed by atoms with Gasteiger partial charge in [-0.1, -0.05) is 34.7 Å². The number of hydrogen-bond acceptors (Lipinski definition) is 9. The Labute approximate surface area is 180 Å². The SMILES string of the molecule is O=C(CSc1nnc(NC[C@@H]2CCCO2)s1)Nc1cc(Cl)ccc1-n1cncn1. The standard InChI is InChI=1S/C17H18ClN7O2S2/c18-11-3-4-14(25-10-19-9-21-25)13(6-11)22-15(26)8-28-17-24-23-16(29-17)20-7-12-2-1-5-27-12/h3-4,6,9-10,12H,1-2,5,7-8H2,(H,20,23)(H,22,26)/t12-/m0/s1. The zero-order valence-corrected chi connectivity index (χ0v) is 17.6. The normalized spacial score (nSPS) is 16.1. The van der Waals surface area contributed by atoms with Gasteiger partial charge in [-0.15, -0.1) is 10.2 Å². The highest BCUT2D eigenvalue weighted by molar-refractivity contribution is 8.01. The van der Waals surface area contributed by atoms with Crippen LogP contribution in [0, 0.1) is 0 Å². The molecule has 1 atom stereocenters. The zero-order valence-electron chi connectivity index (χ0n) is 15.2. The van der Waals surface area contributed by atoms with Crippen LogP contribution in [0.25, 0.3) is 5.69 Å². The minimum atomic E-state index is -0.178. The highest BCUT2D eigenvalue weighted by Gasteiger charge is 2.16. The number of aromatic nitrogens is 5. The topological polar surface area (TPSA) is 107 Å². The fraction of sp³-hybridized carbons (Fsp3) is 0.353. The molecule has 0 radical (unpaired) electrons. The summed E-state index contributed by atoms with van der Waals surface area (Å²) in [7, 11) is 0. The molecule has 0 unspecified atom stereocenters. The summed E-state index contributed by atoms with van der Waals surface area (Å²) in [5.74, 6) is 0.0200. The number of anilines is 2. The predicted octanol–water partition coefficient (Wildman–Crippen LogP) is 3.09. The Balaban J connectivity index is 1.31. The molecular formula is C17H18ClN7O2S2. The van der Waals surface area contributed by atoms with Crippen molar-refractivity contribution in [3.8, 4) is 5.69 Å². The summed E-state index contributed by atoms with van der Waals surface area (Å²) >= 11 is 8.83. The van der Waals surface area contributed by atoms with Crippen LogP contribution in [0.1, 0.15) is 12.8 Å². The van der Waals surface area contributed by atoms with Crippen molar-refractivity contribution in [3.05, 3.63) is 35.9 Å². The van der Waals surface area contributed by atoms with E-state index in [1.807, 2.05) is 0 Å². The minimum absolute atomic E-state index is 0.178. The molecule has 3 heterocycles. The first-order chi connectivity index (χ1) is 14.2. The number of hydrogen-bond donors (Lipinski definition) is 2. The van der Waals surface area contributed by atoms with Crippen molar-refractivity contribution >= 4 is 51.4 Å². The molecule has 1 fully saturated rings. The summed E-state index contributed by atoms with van der Waals surface area (Å²) in [6.07, 6.45) is 5.38. The number of halogens is 1. The summed E-state index contributed by atoms with van der Waals surface area (Å²) in [5.41, 5.74) is 1.24. The highest BCUT2D eigenvalue weighted by Crippen LogP contribution is 2.27. The summed E-state index contributed by atoms with van der Waals surface area (Å²) in [5, 5.41) is 19.7. The number of amides is 1. The van der Waals surface area contributed by atoms with Crippen LogP contribution in [0.5, 0.6) is 0 Å². The van der Waals surface area contributed by atoms with E-state index in [-0.39, 0.29) is 17.8 Å². The van der Waals surface area contributed by atoms with Gasteiger partial charge in [0, 0.05) is 18.2 Å². The molecule has 1 aliphatic rings. The number of carbonyl (C=O) groups excluding carboxylic acids is 1. The second kappa shape index (κ2) is 9.53. The first-order valence-corrected chi connectivity index (χ1v) is 11.1. The van der Waals surface area contributed by atoms with Gasteiger partial charge in [0.05, 0.1) is 23.2 Å². The van der Waals surface area contributed by atoms with Crippen molar-refractivity contribution in [1.82, 2.24) is 25.0 Å². The smallest absolute Gasteiger partial charge is 0.234 e. The molecule has 152 valence electrons. The Morgan fingerprint density at radius 1 is 1.41 bits per heavy atom. The number of nitrogens with one attached hydrogen (secondary N) is 2. The Kier molecular flexibility index (Phi) is 6.60. The number of ether oxygens (including phenoxy) is 1. The third kappa shape index (κ3) is 5.44. The maximum Gasteiger partial charge on any atom is 0.234 e. The first kappa shape index (κ1) is 20.1. The average Bonchev–Trinajstić information content (AvgIpc) is 3.47. The number of carbonyl (C=O) groups is 1. The highest BCUT2D eigenvalue weighted by atomic mass is 35.5. The Hall–Kier alpha value is -2.21. The third-order valence-corrected chi connectivity index (χ3v) is 6.39. The number of rotatable bonds is 8. The van der Waals surface area contributed by atoms with E-state index >= 15 is 0 Å². The van der Waals surface area contributed by atoms with Gasteiger partial charge in [-0.25, -0.2) is 9.67 Å². The largest absolute Gasteiger partial charge is 0.376 e. The van der Waals surface area contributed by atoms with Crippen LogP contribution in [0.3, 0.4) is 0 Å². The molecule has 12 heteroatoms. The summed E-state index contributed by atoms with van der Waals surface area (Å²) < 4.78 is 7.86. The van der Waals surface area contributed by atoms with Crippen LogP contribution in [0.4, 0.5) is 10.8 Å². The molecular weight excluding hydrogens is 434 g/mol. The number of thioether (sulfide) groups is 1. The lowest BCUT2D eigenvalue weighted by Gasteiger charge is -2.11. The quantitative estimate of drug-likeness (QED) is 0.503. The minimum Gasteiger partial charge on any atom is -0.376 e. The van der Waals surface area contributed by atoms with E-state index in [2.05, 4.69) is 30.9 Å². The molecule has 1 aromatic carbocycles. The van der Waals surface area contributed by atoms with Crippen molar-refractivity contribution in [3.63, 3.8) is 0 Å². The van der Waals surface area contributed by atoms with Crippen LogP contribution in [0.2, 0.25) is 5.02 Å². The van der Waals surface area contributed by atoms with Gasteiger partial charge in [0.2, 0.25) is 11.0 Å². The fourth-order valence-corrected chi connectivity index (χ4v) is 4.53. The van der Waals surface area contributed by atoms with E-state index < -0.39 is 0 Å². The molecule has 0 spiro atoms. The molecule has 4 rings (SSSR count). The third-order valence-electron chi connectivity index (χ3n) is 4.14. The van der Waals surface area contributed by atoms with Gasteiger partial charge >= 0.3 is 0 Å². The van der Waals surface area contributed by atoms with Gasteiger partial charge in [0.1, 0.15) is 12.7 Å². The zero-order chi connectivity index (χ0) is 20.1. The molecule has 1 saturated heterocycles. The summed E-state index contributed by atoms with van der Waals surface area (Å²) in [4.78, 5) is 16.4. The molecule has 2 N–H and O–H groups in total. The summed E-state index contributed by atoms with van der Waals surface area (Å²) in [6, 6.07) is 5.19. The van der Waals surface area contributed by atoms with Crippen molar-refractivity contribution < 1.29 is 9.53 Å². The van der Waals surface area contributed by atoms with E-state index in [0.29, 0.717) is 16.4 Å². The lowest BCUT2D eigenvalue weighted by atomic mass is 10.2. The molecule has 0 aliphatic carbocycles. The predicted molar refractivity (Wildman–Crippen MR) is 113 cm³/mol. The van der Waals surface area contributed by atoms with Gasteiger partial charge in [-0.3, -0.25) is 4.79 Å². The van der Waals surface area contributed by atoms with Gasteiger partial charge in [0.25, 0.3) is 0 Å². The first-order valence-electron chi connectivity index (χ1n) is 8.93. The lowest BCUT2D eigenvalue weighted by molar-refractivity contribution is -0.113. The van der Waals surface area contributed by atoms with E-state index in [1.165, 1.54) is 29.4 Å².